The van der Waals surface area contributed by atoms with Crippen molar-refractivity contribution in [3.8, 4) is 0 Å². The molecule has 0 aliphatic heterocycles. The van der Waals surface area contributed by atoms with Crippen molar-refractivity contribution >= 4 is 0 Å². The van der Waals surface area contributed by atoms with E-state index in [1.54, 1.807) is 0 Å². The molecule has 1 N–H and O–H groups in total. The van der Waals surface area contributed by atoms with E-state index in [1.165, 1.54) is 44.9 Å². The third-order valence-electron chi connectivity index (χ3n) is 3.88. The molecule has 1 aliphatic carbocycles. The molecule has 0 spiro atoms. The Morgan fingerprint density at radius 2 is 2.00 bits per heavy atom. The Hall–Kier alpha value is -0.0400. The number of unbranched alkanes of at least 4 members (excludes halogenated alkanes) is 3. The van der Waals surface area contributed by atoms with Crippen LogP contribution in [0.15, 0.2) is 0 Å². The van der Waals surface area contributed by atoms with Gasteiger partial charge in [0.1, 0.15) is 0 Å². The first-order valence-electron chi connectivity index (χ1n) is 6.41. The smallest absolute Gasteiger partial charge is 0.0673 e. The summed E-state index contributed by atoms with van der Waals surface area (Å²) in [6, 6.07) is 0. The SMILES string of the molecule is CCCCCCC1(O)CCCCC1C. The lowest BCUT2D eigenvalue weighted by Crippen LogP contribution is -2.38. The zero-order valence-corrected chi connectivity index (χ0v) is 9.89. The molecule has 0 bridgehead atoms. The summed E-state index contributed by atoms with van der Waals surface area (Å²) in [7, 11) is 0. The second-order valence-corrected chi connectivity index (χ2v) is 5.06. The number of hydrogen-bond donors (Lipinski definition) is 1. The van der Waals surface area contributed by atoms with Crippen LogP contribution in [0, 0.1) is 5.92 Å². The second-order valence-electron chi connectivity index (χ2n) is 5.06. The molecule has 0 amide bonds. The first kappa shape index (κ1) is 12.0. The second kappa shape index (κ2) is 5.75. The molecule has 84 valence electrons. The van der Waals surface area contributed by atoms with E-state index in [0.29, 0.717) is 5.92 Å². The zero-order valence-electron chi connectivity index (χ0n) is 9.89. The number of hydrogen-bond acceptors (Lipinski definition) is 1. The van der Waals surface area contributed by atoms with Gasteiger partial charge in [0.15, 0.2) is 0 Å². The molecule has 0 heterocycles. The molecular weight excluding hydrogens is 172 g/mol. The Morgan fingerprint density at radius 1 is 1.21 bits per heavy atom. The number of aliphatic hydroxyl groups is 1. The average molecular weight is 198 g/mol. The summed E-state index contributed by atoms with van der Waals surface area (Å²) in [6.07, 6.45) is 11.0. The summed E-state index contributed by atoms with van der Waals surface area (Å²) in [4.78, 5) is 0. The van der Waals surface area contributed by atoms with Gasteiger partial charge in [0.05, 0.1) is 5.60 Å². The predicted octanol–water partition coefficient (Wildman–Crippen LogP) is 3.90. The number of rotatable bonds is 5. The highest BCUT2D eigenvalue weighted by molar-refractivity contribution is 4.87. The van der Waals surface area contributed by atoms with E-state index >= 15 is 0 Å². The summed E-state index contributed by atoms with van der Waals surface area (Å²) in [5, 5.41) is 10.4. The third-order valence-corrected chi connectivity index (χ3v) is 3.88. The monoisotopic (exact) mass is 198 g/mol. The summed E-state index contributed by atoms with van der Waals surface area (Å²) < 4.78 is 0. The van der Waals surface area contributed by atoms with Crippen LogP contribution in [0.25, 0.3) is 0 Å². The zero-order chi connectivity index (χ0) is 10.4. The van der Waals surface area contributed by atoms with Gasteiger partial charge in [0, 0.05) is 0 Å². The molecule has 1 heteroatoms. The fourth-order valence-electron chi connectivity index (χ4n) is 2.63. The van der Waals surface area contributed by atoms with Gasteiger partial charge >= 0.3 is 0 Å². The molecule has 2 atom stereocenters. The van der Waals surface area contributed by atoms with Gasteiger partial charge in [-0.05, 0) is 25.2 Å². The summed E-state index contributed by atoms with van der Waals surface area (Å²) in [5.74, 6) is 0.526. The van der Waals surface area contributed by atoms with Crippen molar-refractivity contribution in [1.29, 1.82) is 0 Å². The van der Waals surface area contributed by atoms with Gasteiger partial charge < -0.3 is 5.11 Å². The van der Waals surface area contributed by atoms with E-state index in [2.05, 4.69) is 13.8 Å². The van der Waals surface area contributed by atoms with Crippen LogP contribution in [-0.4, -0.2) is 10.7 Å². The maximum Gasteiger partial charge on any atom is 0.0673 e. The molecular formula is C13H26O. The molecule has 0 aromatic carbocycles. The predicted molar refractivity (Wildman–Crippen MR) is 61.3 cm³/mol. The van der Waals surface area contributed by atoms with Gasteiger partial charge in [0.2, 0.25) is 0 Å². The van der Waals surface area contributed by atoms with Crippen molar-refractivity contribution in [3.05, 3.63) is 0 Å². The van der Waals surface area contributed by atoms with Crippen molar-refractivity contribution in [3.63, 3.8) is 0 Å². The standard InChI is InChI=1S/C13H26O/c1-3-4-5-7-10-13(14)11-8-6-9-12(13)2/h12,14H,3-11H2,1-2H3. The first-order chi connectivity index (χ1) is 6.69. The molecule has 14 heavy (non-hydrogen) atoms. The average Bonchev–Trinajstić information content (AvgIpc) is 2.18. The van der Waals surface area contributed by atoms with E-state index in [1.807, 2.05) is 0 Å². The summed E-state index contributed by atoms with van der Waals surface area (Å²) in [6.45, 7) is 4.46. The molecule has 1 saturated carbocycles. The van der Waals surface area contributed by atoms with Crippen LogP contribution < -0.4 is 0 Å². The van der Waals surface area contributed by atoms with E-state index in [4.69, 9.17) is 0 Å². The molecule has 1 nitrogen and oxygen atoms in total. The molecule has 0 radical (unpaired) electrons. The first-order valence-corrected chi connectivity index (χ1v) is 6.41. The van der Waals surface area contributed by atoms with Gasteiger partial charge in [0.25, 0.3) is 0 Å². The Labute approximate surface area is 88.9 Å². The van der Waals surface area contributed by atoms with Crippen molar-refractivity contribution in [2.45, 2.75) is 77.2 Å². The van der Waals surface area contributed by atoms with Crippen LogP contribution in [0.3, 0.4) is 0 Å². The molecule has 0 aromatic rings. The Balaban J connectivity index is 2.25. The highest BCUT2D eigenvalue weighted by atomic mass is 16.3. The van der Waals surface area contributed by atoms with Crippen LogP contribution in [0.5, 0.6) is 0 Å². The van der Waals surface area contributed by atoms with Crippen molar-refractivity contribution < 1.29 is 5.11 Å². The summed E-state index contributed by atoms with van der Waals surface area (Å²) in [5.41, 5.74) is -0.314. The van der Waals surface area contributed by atoms with E-state index in [-0.39, 0.29) is 5.60 Å². The normalized spacial score (nSPS) is 33.2. The van der Waals surface area contributed by atoms with Crippen LogP contribution in [0.1, 0.15) is 71.6 Å². The molecule has 2 unspecified atom stereocenters. The molecule has 1 rings (SSSR count). The van der Waals surface area contributed by atoms with E-state index in [9.17, 15) is 5.11 Å². The van der Waals surface area contributed by atoms with Crippen LogP contribution in [-0.2, 0) is 0 Å². The fraction of sp³-hybridized carbons (Fsp3) is 1.00. The van der Waals surface area contributed by atoms with Gasteiger partial charge in [-0.3, -0.25) is 0 Å². The molecule has 0 aromatic heterocycles. The molecule has 1 fully saturated rings. The Morgan fingerprint density at radius 3 is 2.64 bits per heavy atom. The third kappa shape index (κ3) is 3.27. The Bertz CT molecular complexity index is 155. The topological polar surface area (TPSA) is 20.2 Å². The Kier molecular flexibility index (Phi) is 4.94. The van der Waals surface area contributed by atoms with Crippen LogP contribution in [0.4, 0.5) is 0 Å². The minimum absolute atomic E-state index is 0.314. The van der Waals surface area contributed by atoms with E-state index < -0.39 is 0 Å². The van der Waals surface area contributed by atoms with Crippen molar-refractivity contribution in [2.24, 2.45) is 5.92 Å². The maximum atomic E-state index is 10.4. The van der Waals surface area contributed by atoms with Gasteiger partial charge in [-0.25, -0.2) is 0 Å². The molecule has 1 aliphatic rings. The van der Waals surface area contributed by atoms with Crippen LogP contribution >= 0.6 is 0 Å². The summed E-state index contributed by atoms with van der Waals surface area (Å²) >= 11 is 0. The van der Waals surface area contributed by atoms with Crippen molar-refractivity contribution in [1.82, 2.24) is 0 Å². The lowest BCUT2D eigenvalue weighted by atomic mass is 9.74. The van der Waals surface area contributed by atoms with Crippen molar-refractivity contribution in [2.75, 3.05) is 0 Å². The fourth-order valence-corrected chi connectivity index (χ4v) is 2.63. The quantitative estimate of drug-likeness (QED) is 0.664. The van der Waals surface area contributed by atoms with Gasteiger partial charge in [-0.1, -0.05) is 52.4 Å². The highest BCUT2D eigenvalue weighted by Gasteiger charge is 2.34. The largest absolute Gasteiger partial charge is 0.390 e. The molecule has 0 saturated heterocycles. The maximum absolute atomic E-state index is 10.4. The van der Waals surface area contributed by atoms with Crippen LogP contribution in [0.2, 0.25) is 0 Å². The lowest BCUT2D eigenvalue weighted by molar-refractivity contribution is -0.0495. The lowest BCUT2D eigenvalue weighted by Gasteiger charge is -2.38. The minimum atomic E-state index is -0.314. The highest BCUT2D eigenvalue weighted by Crippen LogP contribution is 2.37. The van der Waals surface area contributed by atoms with E-state index in [0.717, 1.165) is 12.8 Å². The van der Waals surface area contributed by atoms with Gasteiger partial charge in [-0.15, -0.1) is 0 Å². The minimum Gasteiger partial charge on any atom is -0.390 e. The van der Waals surface area contributed by atoms with Gasteiger partial charge in [-0.2, -0.15) is 0 Å².